The second-order valence-corrected chi connectivity index (χ2v) is 7.59. The lowest BCUT2D eigenvalue weighted by atomic mass is 9.91. The van der Waals surface area contributed by atoms with Gasteiger partial charge in [-0.15, -0.1) is 0 Å². The van der Waals surface area contributed by atoms with E-state index in [1.54, 1.807) is 0 Å². The van der Waals surface area contributed by atoms with Crippen LogP contribution in [-0.2, 0) is 4.74 Å². The normalized spacial score (nSPS) is 25.3. The van der Waals surface area contributed by atoms with Crippen molar-refractivity contribution in [3.05, 3.63) is 92.3 Å². The van der Waals surface area contributed by atoms with Crippen LogP contribution in [0.1, 0.15) is 28.8 Å². The minimum Gasteiger partial charge on any atom is -0.394 e. The predicted octanol–water partition coefficient (Wildman–Crippen LogP) is 0.309. The number of H-pyrrole nitrogens is 1. The van der Waals surface area contributed by atoms with Crippen molar-refractivity contribution in [2.75, 3.05) is 6.61 Å². The number of hydrogen-bond donors (Lipinski definition) is 4. The van der Waals surface area contributed by atoms with E-state index in [9.17, 15) is 24.9 Å². The molecule has 0 saturated carbocycles. The molecule has 5 rings (SSSR count). The minimum absolute atomic E-state index is 0.324. The van der Waals surface area contributed by atoms with E-state index in [0.29, 0.717) is 5.56 Å². The summed E-state index contributed by atoms with van der Waals surface area (Å²) >= 11 is 0. The first-order valence-corrected chi connectivity index (χ1v) is 9.67. The van der Waals surface area contributed by atoms with Crippen molar-refractivity contribution in [1.82, 2.24) is 9.55 Å². The van der Waals surface area contributed by atoms with Crippen molar-refractivity contribution in [2.24, 2.45) is 0 Å². The van der Waals surface area contributed by atoms with E-state index in [4.69, 9.17) is 4.74 Å². The Morgan fingerprint density at radius 1 is 0.900 bits per heavy atom. The standard InChI is InChI=1S/C22H20N2O6/c25-10-16-18(26)19(27)21(30-16)24-9-15(20(28)23-22(24)29)17-13-7-3-1-5-11(13)12-6-2-4-8-14(12)17/h1-9,16-19,21,25-27H,10H2,(H,23,28,29)/t16-,18-,19-,21-/m1/s1. The van der Waals surface area contributed by atoms with Crippen LogP contribution >= 0.6 is 0 Å². The zero-order valence-electron chi connectivity index (χ0n) is 15.8. The SMILES string of the molecule is O=c1[nH]c(=O)n([C@@H]2O[C@H](CO)[C@@H](O)[C@H]2O)cc1C1c2ccccc2-c2ccccc21. The van der Waals surface area contributed by atoms with Gasteiger partial charge in [0.15, 0.2) is 6.23 Å². The van der Waals surface area contributed by atoms with Gasteiger partial charge in [-0.05, 0) is 22.3 Å². The van der Waals surface area contributed by atoms with Gasteiger partial charge in [0, 0.05) is 17.7 Å². The van der Waals surface area contributed by atoms with Crippen LogP contribution in [0.15, 0.2) is 64.3 Å². The minimum atomic E-state index is -1.43. The average Bonchev–Trinajstić information content (AvgIpc) is 3.23. The van der Waals surface area contributed by atoms with E-state index in [2.05, 4.69) is 4.98 Å². The third-order valence-electron chi connectivity index (χ3n) is 5.93. The molecule has 8 heteroatoms. The zero-order valence-corrected chi connectivity index (χ0v) is 15.8. The third-order valence-corrected chi connectivity index (χ3v) is 5.93. The fourth-order valence-electron chi connectivity index (χ4n) is 4.50. The number of hydrogen-bond acceptors (Lipinski definition) is 6. The summed E-state index contributed by atoms with van der Waals surface area (Å²) in [7, 11) is 0. The Hall–Kier alpha value is -3.04. The van der Waals surface area contributed by atoms with Crippen LogP contribution in [0.3, 0.4) is 0 Å². The monoisotopic (exact) mass is 408 g/mol. The molecule has 0 bridgehead atoms. The number of rotatable bonds is 3. The van der Waals surface area contributed by atoms with Gasteiger partial charge in [-0.25, -0.2) is 4.79 Å². The van der Waals surface area contributed by atoms with Crippen molar-refractivity contribution >= 4 is 0 Å². The molecule has 0 spiro atoms. The summed E-state index contributed by atoms with van der Waals surface area (Å²) in [5, 5.41) is 29.7. The van der Waals surface area contributed by atoms with E-state index >= 15 is 0 Å². The fraction of sp³-hybridized carbons (Fsp3) is 0.273. The molecular formula is C22H20N2O6. The Balaban J connectivity index is 1.68. The maximum Gasteiger partial charge on any atom is 0.330 e. The van der Waals surface area contributed by atoms with Gasteiger partial charge >= 0.3 is 5.69 Å². The van der Waals surface area contributed by atoms with E-state index in [-0.39, 0.29) is 0 Å². The number of aliphatic hydroxyl groups excluding tert-OH is 3. The lowest BCUT2D eigenvalue weighted by Crippen LogP contribution is -2.39. The van der Waals surface area contributed by atoms with Gasteiger partial charge in [-0.2, -0.15) is 0 Å². The highest BCUT2D eigenvalue weighted by Crippen LogP contribution is 2.46. The summed E-state index contributed by atoms with van der Waals surface area (Å²) in [4.78, 5) is 27.6. The van der Waals surface area contributed by atoms with Crippen molar-refractivity contribution in [3.63, 3.8) is 0 Å². The maximum atomic E-state index is 12.8. The van der Waals surface area contributed by atoms with Gasteiger partial charge in [-0.1, -0.05) is 48.5 Å². The predicted molar refractivity (Wildman–Crippen MR) is 107 cm³/mol. The third kappa shape index (κ3) is 2.69. The molecule has 4 atom stereocenters. The number of ether oxygens (including phenoxy) is 1. The molecule has 2 heterocycles. The molecule has 8 nitrogen and oxygen atoms in total. The molecular weight excluding hydrogens is 388 g/mol. The van der Waals surface area contributed by atoms with Gasteiger partial charge in [-0.3, -0.25) is 14.3 Å². The van der Waals surface area contributed by atoms with Gasteiger partial charge in [0.2, 0.25) is 0 Å². The number of aliphatic hydroxyl groups is 3. The van der Waals surface area contributed by atoms with Crippen LogP contribution in [0.5, 0.6) is 0 Å². The first-order chi connectivity index (χ1) is 14.5. The van der Waals surface area contributed by atoms with Crippen LogP contribution < -0.4 is 11.2 Å². The molecule has 0 radical (unpaired) electrons. The Kier molecular flexibility index (Phi) is 4.44. The summed E-state index contributed by atoms with van der Waals surface area (Å²) in [5.74, 6) is -0.398. The molecule has 154 valence electrons. The molecule has 1 aliphatic heterocycles. The fourth-order valence-corrected chi connectivity index (χ4v) is 4.50. The first kappa shape index (κ1) is 19.0. The van der Waals surface area contributed by atoms with Crippen molar-refractivity contribution in [2.45, 2.75) is 30.5 Å². The Labute approximate surface area is 170 Å². The van der Waals surface area contributed by atoms with E-state index < -0.39 is 48.3 Å². The van der Waals surface area contributed by atoms with Crippen LogP contribution in [0, 0.1) is 0 Å². The highest BCUT2D eigenvalue weighted by molar-refractivity contribution is 5.80. The topological polar surface area (TPSA) is 125 Å². The largest absolute Gasteiger partial charge is 0.394 e. The van der Waals surface area contributed by atoms with Crippen LogP contribution in [0.2, 0.25) is 0 Å². The molecule has 2 aliphatic rings. The second-order valence-electron chi connectivity index (χ2n) is 7.59. The summed E-state index contributed by atoms with van der Waals surface area (Å²) in [6, 6.07) is 15.5. The smallest absolute Gasteiger partial charge is 0.330 e. The van der Waals surface area contributed by atoms with Crippen molar-refractivity contribution in [3.8, 4) is 11.1 Å². The summed E-state index contributed by atoms with van der Waals surface area (Å²) < 4.78 is 6.56. The summed E-state index contributed by atoms with van der Waals surface area (Å²) in [6.07, 6.45) is -3.66. The maximum absolute atomic E-state index is 12.8. The summed E-state index contributed by atoms with van der Waals surface area (Å²) in [6.45, 7) is -0.511. The number of fused-ring (bicyclic) bond motifs is 3. The molecule has 0 unspecified atom stereocenters. The number of aromatic amines is 1. The van der Waals surface area contributed by atoms with E-state index in [1.807, 2.05) is 48.5 Å². The van der Waals surface area contributed by atoms with E-state index in [0.717, 1.165) is 26.8 Å². The average molecular weight is 408 g/mol. The van der Waals surface area contributed by atoms with Gasteiger partial charge < -0.3 is 20.1 Å². The zero-order chi connectivity index (χ0) is 21.0. The highest BCUT2D eigenvalue weighted by atomic mass is 16.6. The lowest BCUT2D eigenvalue weighted by Gasteiger charge is -2.20. The number of nitrogens with zero attached hydrogens (tertiary/aromatic N) is 1. The van der Waals surface area contributed by atoms with Gasteiger partial charge in [0.05, 0.1) is 6.61 Å². The highest BCUT2D eigenvalue weighted by Gasteiger charge is 2.44. The molecule has 1 fully saturated rings. The molecule has 30 heavy (non-hydrogen) atoms. The molecule has 1 aromatic heterocycles. The quantitative estimate of drug-likeness (QED) is 0.387. The van der Waals surface area contributed by atoms with Crippen molar-refractivity contribution in [1.29, 1.82) is 0 Å². The van der Waals surface area contributed by atoms with Crippen LogP contribution in [0.4, 0.5) is 0 Å². The number of nitrogens with one attached hydrogen (secondary N) is 1. The van der Waals surface area contributed by atoms with E-state index in [1.165, 1.54) is 6.20 Å². The molecule has 1 saturated heterocycles. The Bertz CT molecular complexity index is 1190. The van der Waals surface area contributed by atoms with Crippen molar-refractivity contribution < 1.29 is 20.1 Å². The first-order valence-electron chi connectivity index (χ1n) is 9.67. The molecule has 4 N–H and O–H groups in total. The lowest BCUT2D eigenvalue weighted by molar-refractivity contribution is -0.0551. The Morgan fingerprint density at radius 2 is 1.50 bits per heavy atom. The van der Waals surface area contributed by atoms with Gasteiger partial charge in [0.25, 0.3) is 5.56 Å². The second kappa shape index (κ2) is 7.03. The molecule has 1 aliphatic carbocycles. The number of benzene rings is 2. The molecule has 2 aromatic carbocycles. The summed E-state index contributed by atoms with van der Waals surface area (Å²) in [5.41, 5.74) is 2.94. The van der Waals surface area contributed by atoms with Crippen LogP contribution in [-0.4, -0.2) is 49.8 Å². The Morgan fingerprint density at radius 3 is 2.07 bits per heavy atom. The van der Waals surface area contributed by atoms with Gasteiger partial charge in [0.1, 0.15) is 18.3 Å². The van der Waals surface area contributed by atoms with Crippen LogP contribution in [0.25, 0.3) is 11.1 Å². The molecule has 0 amide bonds. The molecule has 3 aromatic rings. The number of aromatic nitrogens is 2.